The second-order valence-corrected chi connectivity index (χ2v) is 15.3. The molecule has 5 aromatic carbocycles. The van der Waals surface area contributed by atoms with E-state index in [-0.39, 0.29) is 0 Å². The van der Waals surface area contributed by atoms with Gasteiger partial charge in [-0.2, -0.15) is 13.2 Å². The number of morpholine rings is 1. The van der Waals surface area contributed by atoms with E-state index in [2.05, 4.69) is 48.2 Å². The molecule has 0 N–H and O–H groups in total. The van der Waals surface area contributed by atoms with Crippen molar-refractivity contribution in [1.82, 2.24) is 0 Å². The fourth-order valence-corrected chi connectivity index (χ4v) is 9.79. The number of benzene rings is 5. The van der Waals surface area contributed by atoms with Gasteiger partial charge in [0, 0.05) is 46.3 Å². The molecule has 0 aromatic heterocycles. The fraction of sp³-hybridized carbons (Fsp3) is 0.348. The van der Waals surface area contributed by atoms with Crippen molar-refractivity contribution in [3.63, 3.8) is 0 Å². The summed E-state index contributed by atoms with van der Waals surface area (Å²) in [6.07, 6.45) is 3.22. The molecule has 0 radical (unpaired) electrons. The van der Waals surface area contributed by atoms with Crippen LogP contribution in [0.3, 0.4) is 0 Å². The Balaban J connectivity index is 1.33. The lowest BCUT2D eigenvalue weighted by Crippen LogP contribution is -2.37. The third kappa shape index (κ3) is 5.56. The lowest BCUT2D eigenvalue weighted by Gasteiger charge is -2.42. The molecule has 2 heterocycles. The quantitative estimate of drug-likeness (QED) is 0.172. The Morgan fingerprint density at radius 3 is 2.11 bits per heavy atom. The topological polar surface area (TPSA) is 49.4 Å². The number of hydrogen-bond acceptors (Lipinski definition) is 6. The number of rotatable bonds is 6. The minimum Gasteiger partial charge on any atom is -0.497 e. The SMILES string of the molecule is COc1ccc(C2(c3ccc(N4CCOCC4)cc3)C=Cc3c4c(c5cc(OC)c(OC)cc5c3O2)-c2ccc(C(F)(F)F)cc2C42CCCC(C)C2)cc1. The van der Waals surface area contributed by atoms with Gasteiger partial charge in [0.15, 0.2) is 17.1 Å². The molecular formula is C46H44F3NO5. The highest BCUT2D eigenvalue weighted by molar-refractivity contribution is 6.09. The number of hydrogen-bond donors (Lipinski definition) is 0. The van der Waals surface area contributed by atoms with Gasteiger partial charge in [-0.15, -0.1) is 0 Å². The van der Waals surface area contributed by atoms with Gasteiger partial charge in [0.1, 0.15) is 11.5 Å². The van der Waals surface area contributed by atoms with Crippen molar-refractivity contribution >= 4 is 22.5 Å². The van der Waals surface area contributed by atoms with Crippen molar-refractivity contribution in [2.75, 3.05) is 52.5 Å². The van der Waals surface area contributed by atoms with E-state index in [0.29, 0.717) is 36.4 Å². The average molecular weight is 748 g/mol. The first-order valence-corrected chi connectivity index (χ1v) is 19.0. The maximum atomic E-state index is 14.4. The molecule has 55 heavy (non-hydrogen) atoms. The molecule has 1 spiro atoms. The zero-order valence-corrected chi connectivity index (χ0v) is 31.5. The van der Waals surface area contributed by atoms with Crippen LogP contribution >= 0.6 is 0 Å². The Labute approximate surface area is 319 Å². The second-order valence-electron chi connectivity index (χ2n) is 15.3. The predicted molar refractivity (Wildman–Crippen MR) is 209 cm³/mol. The first-order chi connectivity index (χ1) is 26.6. The van der Waals surface area contributed by atoms with Gasteiger partial charge in [0.05, 0.1) is 40.1 Å². The van der Waals surface area contributed by atoms with Gasteiger partial charge in [0.2, 0.25) is 0 Å². The Morgan fingerprint density at radius 2 is 1.47 bits per heavy atom. The number of halogens is 3. The highest BCUT2D eigenvalue weighted by atomic mass is 19.4. The van der Waals surface area contributed by atoms with Gasteiger partial charge in [0.25, 0.3) is 0 Å². The number of alkyl halides is 3. The van der Waals surface area contributed by atoms with E-state index in [4.69, 9.17) is 23.7 Å². The van der Waals surface area contributed by atoms with Gasteiger partial charge in [-0.3, -0.25) is 0 Å². The van der Waals surface area contributed by atoms with Crippen LogP contribution < -0.4 is 23.8 Å². The Bertz CT molecular complexity index is 2310. The van der Waals surface area contributed by atoms with Gasteiger partial charge in [-0.1, -0.05) is 56.2 Å². The van der Waals surface area contributed by atoms with Crippen molar-refractivity contribution in [2.45, 2.75) is 49.8 Å². The molecule has 3 atom stereocenters. The molecule has 6 nitrogen and oxygen atoms in total. The van der Waals surface area contributed by atoms with Gasteiger partial charge in [-0.25, -0.2) is 0 Å². The van der Waals surface area contributed by atoms with E-state index < -0.39 is 22.8 Å². The molecule has 5 aromatic rings. The standard InChI is InChI=1S/C46H44F3NO5/c1-28-6-5-18-44(27-28)38-24-31(46(47,48)49)11-16-34(38)41-36-25-39(52-3)40(53-4)26-37(36)43-35(42(41)44)17-19-45(55-43,30-9-14-33(51-2)15-10-30)29-7-12-32(13-8-29)50-20-22-54-23-21-50/h7-17,19,24-26,28H,5-6,18,20-23,27H2,1-4H3. The molecule has 9 heteroatoms. The minimum atomic E-state index is -4.47. The molecule has 284 valence electrons. The first kappa shape index (κ1) is 35.5. The number of ether oxygens (including phenoxy) is 5. The third-order valence-electron chi connectivity index (χ3n) is 12.3. The molecule has 2 aliphatic heterocycles. The van der Waals surface area contributed by atoms with E-state index in [1.165, 1.54) is 12.1 Å². The number of methoxy groups -OCH3 is 3. The Hall–Kier alpha value is -5.15. The summed E-state index contributed by atoms with van der Waals surface area (Å²) >= 11 is 0. The van der Waals surface area contributed by atoms with Crippen molar-refractivity contribution in [3.05, 3.63) is 118 Å². The molecule has 0 amide bonds. The zero-order chi connectivity index (χ0) is 38.1. The summed E-state index contributed by atoms with van der Waals surface area (Å²) in [4.78, 5) is 2.32. The van der Waals surface area contributed by atoms with Crippen molar-refractivity contribution in [3.8, 4) is 34.1 Å². The van der Waals surface area contributed by atoms with Gasteiger partial charge < -0.3 is 28.6 Å². The van der Waals surface area contributed by atoms with Crippen LogP contribution in [-0.4, -0.2) is 47.6 Å². The minimum absolute atomic E-state index is 0.315. The molecule has 3 unspecified atom stereocenters. The molecule has 9 rings (SSSR count). The third-order valence-corrected chi connectivity index (χ3v) is 12.3. The number of fused-ring (bicyclic) bond motifs is 10. The molecule has 4 aliphatic rings. The van der Waals surface area contributed by atoms with Crippen LogP contribution in [0.25, 0.3) is 28.0 Å². The van der Waals surface area contributed by atoms with Crippen molar-refractivity contribution in [1.29, 1.82) is 0 Å². The Morgan fingerprint density at radius 1 is 0.800 bits per heavy atom. The highest BCUT2D eigenvalue weighted by Crippen LogP contribution is 2.63. The lowest BCUT2D eigenvalue weighted by atomic mass is 9.63. The molecular weight excluding hydrogens is 704 g/mol. The van der Waals surface area contributed by atoms with Crippen LogP contribution in [0.4, 0.5) is 18.9 Å². The van der Waals surface area contributed by atoms with Crippen LogP contribution in [0, 0.1) is 5.92 Å². The normalized spacial score (nSPS) is 22.9. The molecule has 1 saturated heterocycles. The lowest BCUT2D eigenvalue weighted by molar-refractivity contribution is -0.137. The zero-order valence-electron chi connectivity index (χ0n) is 31.5. The molecule has 1 saturated carbocycles. The average Bonchev–Trinajstić information content (AvgIpc) is 3.48. The van der Waals surface area contributed by atoms with E-state index in [1.54, 1.807) is 27.4 Å². The van der Waals surface area contributed by atoms with Crippen molar-refractivity contribution < 1.29 is 36.9 Å². The maximum Gasteiger partial charge on any atom is 0.416 e. The van der Waals surface area contributed by atoms with E-state index in [1.807, 2.05) is 36.4 Å². The fourth-order valence-electron chi connectivity index (χ4n) is 9.79. The second kappa shape index (κ2) is 13.3. The predicted octanol–water partition coefficient (Wildman–Crippen LogP) is 10.5. The number of anilines is 1. The largest absolute Gasteiger partial charge is 0.497 e. The van der Waals surface area contributed by atoms with Crippen LogP contribution in [0.2, 0.25) is 0 Å². The van der Waals surface area contributed by atoms with Crippen LogP contribution in [0.1, 0.15) is 66.0 Å². The molecule has 0 bridgehead atoms. The monoisotopic (exact) mass is 747 g/mol. The van der Waals surface area contributed by atoms with Gasteiger partial charge >= 0.3 is 6.18 Å². The summed E-state index contributed by atoms with van der Waals surface area (Å²) in [6, 6.07) is 24.7. The first-order valence-electron chi connectivity index (χ1n) is 19.0. The van der Waals surface area contributed by atoms with Crippen LogP contribution in [0.15, 0.2) is 84.9 Å². The molecule has 2 aliphatic carbocycles. The van der Waals surface area contributed by atoms with E-state index in [9.17, 15) is 13.2 Å². The summed E-state index contributed by atoms with van der Waals surface area (Å²) in [7, 11) is 4.85. The summed E-state index contributed by atoms with van der Waals surface area (Å²) in [5, 5.41) is 1.65. The van der Waals surface area contributed by atoms with Crippen LogP contribution in [0.5, 0.6) is 23.0 Å². The maximum absolute atomic E-state index is 14.4. The summed E-state index contributed by atoms with van der Waals surface area (Å²) in [6.45, 7) is 5.24. The summed E-state index contributed by atoms with van der Waals surface area (Å²) < 4.78 is 73.8. The summed E-state index contributed by atoms with van der Waals surface area (Å²) in [5.74, 6) is 2.77. The molecule has 2 fully saturated rings. The highest BCUT2D eigenvalue weighted by Gasteiger charge is 2.51. The van der Waals surface area contributed by atoms with Crippen LogP contribution in [-0.2, 0) is 21.9 Å². The smallest absolute Gasteiger partial charge is 0.416 e. The summed E-state index contributed by atoms with van der Waals surface area (Å²) in [5.41, 5.74) is 5.07. The van der Waals surface area contributed by atoms with Gasteiger partial charge in [-0.05, 0) is 101 Å². The van der Waals surface area contributed by atoms with E-state index >= 15 is 0 Å². The van der Waals surface area contributed by atoms with Crippen molar-refractivity contribution in [2.24, 2.45) is 5.92 Å². The number of nitrogens with zero attached hydrogens (tertiary/aromatic N) is 1. The Kier molecular flexibility index (Phi) is 8.57. The van der Waals surface area contributed by atoms with E-state index in [0.717, 1.165) is 99.9 Å².